The van der Waals surface area contributed by atoms with Crippen LogP contribution >= 0.6 is 0 Å². The molecule has 0 aliphatic rings. The highest BCUT2D eigenvalue weighted by Crippen LogP contribution is 2.23. The van der Waals surface area contributed by atoms with E-state index >= 15 is 0 Å². The van der Waals surface area contributed by atoms with Gasteiger partial charge in [0.1, 0.15) is 5.75 Å². The molecule has 0 radical (unpaired) electrons. The maximum atomic E-state index is 13.5. The number of nitrogens with one attached hydrogen (secondary N) is 1. The Morgan fingerprint density at radius 3 is 2.24 bits per heavy atom. The molecule has 0 spiro atoms. The first kappa shape index (κ1) is 24.6. The van der Waals surface area contributed by atoms with Crippen molar-refractivity contribution in [2.45, 2.75) is 25.3 Å². The van der Waals surface area contributed by atoms with E-state index in [1.54, 1.807) is 19.2 Å². The van der Waals surface area contributed by atoms with Crippen LogP contribution in [-0.2, 0) is 16.6 Å². The number of sulfonamides is 1. The van der Waals surface area contributed by atoms with Crippen molar-refractivity contribution >= 4 is 15.7 Å². The fourth-order valence-corrected chi connectivity index (χ4v) is 4.81. The van der Waals surface area contributed by atoms with Gasteiger partial charge in [0.15, 0.2) is 0 Å². The Balaban J connectivity index is 1.74. The van der Waals surface area contributed by atoms with Crippen LogP contribution in [0.2, 0.25) is 0 Å². The molecule has 1 unspecified atom stereocenters. The SMILES string of the molecule is C=C(CN(Cc1ccccc1)S(=O)(=O)c1ccc(C)cc1)C(C)CNc1ccc(OC)cc1. The molecule has 3 aromatic rings. The van der Waals surface area contributed by atoms with Crippen LogP contribution in [0.4, 0.5) is 5.69 Å². The summed E-state index contributed by atoms with van der Waals surface area (Å²) in [5, 5.41) is 3.39. The average Bonchev–Trinajstić information content (AvgIpc) is 2.83. The Labute approximate surface area is 197 Å². The van der Waals surface area contributed by atoms with Crippen molar-refractivity contribution in [3.63, 3.8) is 0 Å². The predicted molar refractivity (Wildman–Crippen MR) is 135 cm³/mol. The highest BCUT2D eigenvalue weighted by Gasteiger charge is 2.26. The van der Waals surface area contributed by atoms with Crippen molar-refractivity contribution < 1.29 is 13.2 Å². The topological polar surface area (TPSA) is 58.6 Å². The third kappa shape index (κ3) is 6.70. The van der Waals surface area contributed by atoms with Crippen LogP contribution in [0.15, 0.2) is 95.9 Å². The van der Waals surface area contributed by atoms with Gasteiger partial charge in [0.2, 0.25) is 10.0 Å². The lowest BCUT2D eigenvalue weighted by Crippen LogP contribution is -2.34. The van der Waals surface area contributed by atoms with Gasteiger partial charge in [-0.25, -0.2) is 8.42 Å². The number of hydrogen-bond acceptors (Lipinski definition) is 4. The Morgan fingerprint density at radius 1 is 1.00 bits per heavy atom. The van der Waals surface area contributed by atoms with Crippen molar-refractivity contribution in [2.24, 2.45) is 5.92 Å². The standard InChI is InChI=1S/C27H32N2O3S/c1-21-10-16-27(17-11-21)33(30,31)29(20-24-8-6-5-7-9-24)19-23(3)22(2)18-28-25-12-14-26(32-4)15-13-25/h5-17,22,28H,3,18-20H2,1-2,4H3. The highest BCUT2D eigenvalue weighted by molar-refractivity contribution is 7.89. The summed E-state index contributed by atoms with van der Waals surface area (Å²) in [6.45, 7) is 9.41. The minimum absolute atomic E-state index is 0.0681. The second kappa shape index (κ2) is 11.2. The van der Waals surface area contributed by atoms with Crippen LogP contribution in [0.1, 0.15) is 18.1 Å². The molecule has 0 amide bonds. The van der Waals surface area contributed by atoms with Gasteiger partial charge >= 0.3 is 0 Å². The van der Waals surface area contributed by atoms with Crippen LogP contribution < -0.4 is 10.1 Å². The van der Waals surface area contributed by atoms with Gasteiger partial charge in [-0.05, 0) is 54.8 Å². The Hall–Kier alpha value is -3.09. The number of rotatable bonds is 11. The molecular formula is C27H32N2O3S. The van der Waals surface area contributed by atoms with Gasteiger partial charge in [0.25, 0.3) is 0 Å². The van der Waals surface area contributed by atoms with E-state index < -0.39 is 10.0 Å². The zero-order valence-corrected chi connectivity index (χ0v) is 20.3. The molecule has 0 heterocycles. The number of nitrogens with zero attached hydrogens (tertiary/aromatic N) is 1. The molecule has 6 heteroatoms. The molecule has 3 rings (SSSR count). The van der Waals surface area contributed by atoms with Gasteiger partial charge in [-0.2, -0.15) is 4.31 Å². The van der Waals surface area contributed by atoms with Gasteiger partial charge in [-0.1, -0.05) is 67.1 Å². The molecule has 0 bridgehead atoms. The van der Waals surface area contributed by atoms with Gasteiger partial charge in [0.05, 0.1) is 12.0 Å². The first-order valence-corrected chi connectivity index (χ1v) is 12.4. The summed E-state index contributed by atoms with van der Waals surface area (Å²) in [5.74, 6) is 0.870. The minimum atomic E-state index is -3.68. The number of ether oxygens (including phenoxy) is 1. The molecule has 0 saturated carbocycles. The second-order valence-electron chi connectivity index (χ2n) is 8.24. The number of hydrogen-bond donors (Lipinski definition) is 1. The van der Waals surface area contributed by atoms with Crippen LogP contribution in [0.5, 0.6) is 5.75 Å². The summed E-state index contributed by atoms with van der Waals surface area (Å²) in [4.78, 5) is 0.292. The molecule has 0 aliphatic carbocycles. The molecule has 0 aromatic heterocycles. The highest BCUT2D eigenvalue weighted by atomic mass is 32.2. The van der Waals surface area contributed by atoms with Crippen molar-refractivity contribution in [3.05, 3.63) is 102 Å². The van der Waals surface area contributed by atoms with Gasteiger partial charge in [0, 0.05) is 25.3 Å². The Morgan fingerprint density at radius 2 is 1.64 bits per heavy atom. The van der Waals surface area contributed by atoms with Crippen molar-refractivity contribution in [1.82, 2.24) is 4.31 Å². The number of aryl methyl sites for hydroxylation is 1. The number of benzene rings is 3. The van der Waals surface area contributed by atoms with Crippen molar-refractivity contribution in [2.75, 3.05) is 25.5 Å². The molecule has 174 valence electrons. The number of anilines is 1. The summed E-state index contributed by atoms with van der Waals surface area (Å²) >= 11 is 0. The van der Waals surface area contributed by atoms with E-state index in [-0.39, 0.29) is 19.0 Å². The first-order chi connectivity index (χ1) is 15.8. The second-order valence-corrected chi connectivity index (χ2v) is 10.2. The monoisotopic (exact) mass is 464 g/mol. The van der Waals surface area contributed by atoms with Crippen molar-refractivity contribution in [1.29, 1.82) is 0 Å². The Kier molecular flexibility index (Phi) is 8.31. The molecule has 1 atom stereocenters. The minimum Gasteiger partial charge on any atom is -0.497 e. The van der Waals surface area contributed by atoms with E-state index in [9.17, 15) is 8.42 Å². The van der Waals surface area contributed by atoms with E-state index in [0.717, 1.165) is 28.1 Å². The lowest BCUT2D eigenvalue weighted by atomic mass is 10.0. The van der Waals surface area contributed by atoms with E-state index in [1.165, 1.54) is 4.31 Å². The van der Waals surface area contributed by atoms with E-state index in [0.29, 0.717) is 11.4 Å². The normalized spacial score (nSPS) is 12.4. The molecular weight excluding hydrogens is 432 g/mol. The molecule has 5 nitrogen and oxygen atoms in total. The lowest BCUT2D eigenvalue weighted by Gasteiger charge is -2.26. The lowest BCUT2D eigenvalue weighted by molar-refractivity contribution is 0.415. The third-order valence-corrected chi connectivity index (χ3v) is 7.45. The quantitative estimate of drug-likeness (QED) is 0.381. The van der Waals surface area contributed by atoms with Crippen LogP contribution in [-0.4, -0.2) is 32.9 Å². The summed E-state index contributed by atoms with van der Waals surface area (Å²) in [5.41, 5.74) is 3.78. The summed E-state index contributed by atoms with van der Waals surface area (Å²) in [6, 6.07) is 24.3. The van der Waals surface area contributed by atoms with Crippen LogP contribution in [0.25, 0.3) is 0 Å². The summed E-state index contributed by atoms with van der Waals surface area (Å²) in [7, 11) is -2.04. The summed E-state index contributed by atoms with van der Waals surface area (Å²) in [6.07, 6.45) is 0. The van der Waals surface area contributed by atoms with Crippen LogP contribution in [0, 0.1) is 12.8 Å². The molecule has 1 N–H and O–H groups in total. The maximum Gasteiger partial charge on any atom is 0.243 e. The third-order valence-electron chi connectivity index (χ3n) is 5.64. The molecule has 0 fully saturated rings. The van der Waals surface area contributed by atoms with E-state index in [4.69, 9.17) is 4.74 Å². The van der Waals surface area contributed by atoms with Crippen molar-refractivity contribution in [3.8, 4) is 5.75 Å². The smallest absolute Gasteiger partial charge is 0.243 e. The average molecular weight is 465 g/mol. The fourth-order valence-electron chi connectivity index (χ4n) is 3.38. The number of methoxy groups -OCH3 is 1. The fraction of sp³-hybridized carbons (Fsp3) is 0.259. The van der Waals surface area contributed by atoms with Gasteiger partial charge < -0.3 is 10.1 Å². The predicted octanol–water partition coefficient (Wildman–Crippen LogP) is 5.50. The first-order valence-electron chi connectivity index (χ1n) is 11.0. The largest absolute Gasteiger partial charge is 0.497 e. The van der Waals surface area contributed by atoms with E-state index in [2.05, 4.69) is 18.8 Å². The molecule has 33 heavy (non-hydrogen) atoms. The zero-order chi connectivity index (χ0) is 23.8. The van der Waals surface area contributed by atoms with Gasteiger partial charge in [-0.3, -0.25) is 0 Å². The maximum absolute atomic E-state index is 13.5. The molecule has 3 aromatic carbocycles. The Bertz CT molecular complexity index is 1140. The zero-order valence-electron chi connectivity index (χ0n) is 19.5. The van der Waals surface area contributed by atoms with E-state index in [1.807, 2.05) is 73.7 Å². The summed E-state index contributed by atoms with van der Waals surface area (Å²) < 4.78 is 33.7. The molecule has 0 saturated heterocycles. The van der Waals surface area contributed by atoms with Gasteiger partial charge in [-0.15, -0.1) is 0 Å². The van der Waals surface area contributed by atoms with Crippen LogP contribution in [0.3, 0.4) is 0 Å². The molecule has 0 aliphatic heterocycles.